The van der Waals surface area contributed by atoms with E-state index in [0.717, 1.165) is 16.3 Å². The van der Waals surface area contributed by atoms with Gasteiger partial charge in [-0.2, -0.15) is 13.2 Å². The standard InChI is InChI=1S/C11H16F3N5O2S/c1-7(8(15)20)22-10-17-16-9(18-2-4-21-5-3-18)19(10)6-11(12,13)14/h7H,2-6H2,1H3,(H2,15,20)/t7-/m1/s1. The monoisotopic (exact) mass is 339 g/mol. The Morgan fingerprint density at radius 1 is 1.41 bits per heavy atom. The number of ether oxygens (including phenoxy) is 1. The highest BCUT2D eigenvalue weighted by atomic mass is 32.2. The molecule has 1 aromatic heterocycles. The van der Waals surface area contributed by atoms with Crippen LogP contribution in [0.5, 0.6) is 0 Å². The van der Waals surface area contributed by atoms with Crippen molar-refractivity contribution >= 4 is 23.6 Å². The van der Waals surface area contributed by atoms with Gasteiger partial charge >= 0.3 is 6.18 Å². The molecule has 1 aromatic rings. The van der Waals surface area contributed by atoms with Crippen LogP contribution >= 0.6 is 11.8 Å². The largest absolute Gasteiger partial charge is 0.406 e. The molecule has 0 spiro atoms. The first-order chi connectivity index (χ1) is 10.3. The van der Waals surface area contributed by atoms with Gasteiger partial charge in [0.2, 0.25) is 11.9 Å². The van der Waals surface area contributed by atoms with E-state index >= 15 is 0 Å². The van der Waals surface area contributed by atoms with Crippen LogP contribution in [0.3, 0.4) is 0 Å². The predicted octanol–water partition coefficient (Wildman–Crippen LogP) is 0.643. The zero-order valence-electron chi connectivity index (χ0n) is 11.8. The Balaban J connectivity index is 2.28. The Morgan fingerprint density at radius 3 is 2.59 bits per heavy atom. The number of nitrogens with two attached hydrogens (primary N) is 1. The Morgan fingerprint density at radius 2 is 2.05 bits per heavy atom. The highest BCUT2D eigenvalue weighted by Gasteiger charge is 2.33. The second-order valence-corrected chi connectivity index (χ2v) is 6.05. The first-order valence-electron chi connectivity index (χ1n) is 6.56. The quantitative estimate of drug-likeness (QED) is 0.793. The van der Waals surface area contributed by atoms with Crippen LogP contribution in [0, 0.1) is 0 Å². The van der Waals surface area contributed by atoms with Gasteiger partial charge in [0, 0.05) is 13.1 Å². The van der Waals surface area contributed by atoms with Crippen LogP contribution in [-0.2, 0) is 16.1 Å². The molecule has 22 heavy (non-hydrogen) atoms. The topological polar surface area (TPSA) is 86.3 Å². The van der Waals surface area contributed by atoms with Crippen molar-refractivity contribution in [3.8, 4) is 0 Å². The van der Waals surface area contributed by atoms with Crippen molar-refractivity contribution < 1.29 is 22.7 Å². The van der Waals surface area contributed by atoms with E-state index in [0.29, 0.717) is 26.3 Å². The molecular formula is C11H16F3N5O2S. The number of nitrogens with zero attached hydrogens (tertiary/aromatic N) is 4. The highest BCUT2D eigenvalue weighted by molar-refractivity contribution is 8.00. The lowest BCUT2D eigenvalue weighted by Gasteiger charge is -2.28. The van der Waals surface area contributed by atoms with Crippen LogP contribution in [0.15, 0.2) is 5.16 Å². The molecule has 1 amide bonds. The van der Waals surface area contributed by atoms with Gasteiger partial charge in [-0.25, -0.2) is 0 Å². The Hall–Kier alpha value is -1.49. The molecule has 0 aliphatic carbocycles. The average Bonchev–Trinajstić information content (AvgIpc) is 2.80. The molecule has 1 saturated heterocycles. The van der Waals surface area contributed by atoms with Crippen molar-refractivity contribution in [2.24, 2.45) is 5.73 Å². The number of carbonyl (C=O) groups is 1. The molecule has 1 atom stereocenters. The smallest absolute Gasteiger partial charge is 0.378 e. The van der Waals surface area contributed by atoms with Crippen LogP contribution in [0.4, 0.5) is 19.1 Å². The molecule has 1 aliphatic heterocycles. The highest BCUT2D eigenvalue weighted by Crippen LogP contribution is 2.29. The fourth-order valence-electron chi connectivity index (χ4n) is 1.90. The number of thioether (sulfide) groups is 1. The Labute approximate surface area is 129 Å². The first kappa shape index (κ1) is 16.9. The zero-order valence-corrected chi connectivity index (χ0v) is 12.7. The molecule has 1 aliphatic rings. The molecule has 0 aromatic carbocycles. The van der Waals surface area contributed by atoms with E-state index < -0.39 is 23.9 Å². The van der Waals surface area contributed by atoms with Crippen molar-refractivity contribution in [2.75, 3.05) is 31.2 Å². The second kappa shape index (κ2) is 6.73. The SMILES string of the molecule is C[C@@H](Sc1nnc(N2CCOCC2)n1CC(F)(F)F)C(N)=O. The summed E-state index contributed by atoms with van der Waals surface area (Å²) < 4.78 is 44.6. The summed E-state index contributed by atoms with van der Waals surface area (Å²) in [4.78, 5) is 12.8. The van der Waals surface area contributed by atoms with Crippen molar-refractivity contribution in [3.05, 3.63) is 0 Å². The van der Waals surface area contributed by atoms with Gasteiger partial charge in [-0.1, -0.05) is 11.8 Å². The van der Waals surface area contributed by atoms with Crippen molar-refractivity contribution in [1.29, 1.82) is 0 Å². The summed E-state index contributed by atoms with van der Waals surface area (Å²) in [6, 6.07) is 0. The minimum absolute atomic E-state index is 0.0186. The molecule has 0 radical (unpaired) electrons. The van der Waals surface area contributed by atoms with Gasteiger partial charge < -0.3 is 15.4 Å². The minimum atomic E-state index is -4.42. The number of amides is 1. The van der Waals surface area contributed by atoms with Gasteiger partial charge in [0.1, 0.15) is 6.54 Å². The number of morpholine rings is 1. The number of hydrogen-bond acceptors (Lipinski definition) is 6. The third kappa shape index (κ3) is 4.26. The lowest BCUT2D eigenvalue weighted by Crippen LogP contribution is -2.38. The number of primary amides is 1. The Bertz CT molecular complexity index is 530. The third-order valence-corrected chi connectivity index (χ3v) is 4.11. The van der Waals surface area contributed by atoms with E-state index in [-0.39, 0.29) is 11.1 Å². The number of hydrogen-bond donors (Lipinski definition) is 1. The van der Waals surface area contributed by atoms with Gasteiger partial charge in [0.15, 0.2) is 5.16 Å². The van der Waals surface area contributed by atoms with Gasteiger partial charge in [-0.3, -0.25) is 9.36 Å². The maximum Gasteiger partial charge on any atom is 0.406 e. The van der Waals surface area contributed by atoms with Crippen LogP contribution in [0.25, 0.3) is 0 Å². The van der Waals surface area contributed by atoms with E-state index in [1.165, 1.54) is 6.92 Å². The van der Waals surface area contributed by atoms with Crippen LogP contribution in [-0.4, -0.2) is 58.4 Å². The molecular weight excluding hydrogens is 323 g/mol. The van der Waals surface area contributed by atoms with Gasteiger partial charge in [0.05, 0.1) is 18.5 Å². The second-order valence-electron chi connectivity index (χ2n) is 4.75. The van der Waals surface area contributed by atoms with Gasteiger partial charge in [0.25, 0.3) is 0 Å². The van der Waals surface area contributed by atoms with Crippen LogP contribution < -0.4 is 10.6 Å². The summed E-state index contributed by atoms with van der Waals surface area (Å²) in [5, 5.41) is 6.95. The molecule has 2 heterocycles. The fraction of sp³-hybridized carbons (Fsp3) is 0.727. The minimum Gasteiger partial charge on any atom is -0.378 e. The molecule has 124 valence electrons. The summed E-state index contributed by atoms with van der Waals surface area (Å²) in [5.74, 6) is -0.501. The van der Waals surface area contributed by atoms with Crippen molar-refractivity contribution in [2.45, 2.75) is 30.1 Å². The first-order valence-corrected chi connectivity index (χ1v) is 7.44. The summed E-state index contributed by atoms with van der Waals surface area (Å²) in [5.41, 5.74) is 5.14. The van der Waals surface area contributed by atoms with Crippen molar-refractivity contribution in [3.63, 3.8) is 0 Å². The molecule has 0 saturated carbocycles. The molecule has 1 fully saturated rings. The molecule has 0 unspecified atom stereocenters. The normalized spacial score (nSPS) is 17.5. The summed E-state index contributed by atoms with van der Waals surface area (Å²) in [6.45, 7) is 1.99. The van der Waals surface area contributed by atoms with Crippen LogP contribution in [0.1, 0.15) is 6.92 Å². The zero-order chi connectivity index (χ0) is 16.3. The molecule has 2 N–H and O–H groups in total. The van der Waals surface area contributed by atoms with Gasteiger partial charge in [-0.15, -0.1) is 10.2 Å². The van der Waals surface area contributed by atoms with Gasteiger partial charge in [-0.05, 0) is 6.92 Å². The number of anilines is 1. The fourth-order valence-corrected chi connectivity index (χ4v) is 2.69. The van der Waals surface area contributed by atoms with Crippen LogP contribution in [0.2, 0.25) is 0 Å². The molecule has 11 heteroatoms. The maximum absolute atomic E-state index is 12.8. The van der Waals surface area contributed by atoms with E-state index in [2.05, 4.69) is 10.2 Å². The summed E-state index contributed by atoms with van der Waals surface area (Å²) in [6.07, 6.45) is -4.42. The van der Waals surface area contributed by atoms with E-state index in [1.807, 2.05) is 0 Å². The lowest BCUT2D eigenvalue weighted by atomic mass is 10.4. The predicted molar refractivity (Wildman–Crippen MR) is 73.6 cm³/mol. The molecule has 0 bridgehead atoms. The lowest BCUT2D eigenvalue weighted by molar-refractivity contribution is -0.141. The van der Waals surface area contributed by atoms with E-state index in [4.69, 9.17) is 10.5 Å². The van der Waals surface area contributed by atoms with Crippen molar-refractivity contribution in [1.82, 2.24) is 14.8 Å². The Kier molecular flexibility index (Phi) is 5.16. The number of rotatable bonds is 5. The number of alkyl halides is 3. The third-order valence-electron chi connectivity index (χ3n) is 3.01. The number of aromatic nitrogens is 3. The van der Waals surface area contributed by atoms with E-state index in [1.54, 1.807) is 4.90 Å². The molecule has 2 rings (SSSR count). The summed E-state index contributed by atoms with van der Waals surface area (Å²) >= 11 is 0.861. The number of carbonyl (C=O) groups excluding carboxylic acids is 1. The average molecular weight is 339 g/mol. The maximum atomic E-state index is 12.8. The van der Waals surface area contributed by atoms with E-state index in [9.17, 15) is 18.0 Å². The molecule has 7 nitrogen and oxygen atoms in total. The number of halogens is 3. The summed E-state index contributed by atoms with van der Waals surface area (Å²) in [7, 11) is 0.